The molecule has 4 heteroatoms. The van der Waals surface area contributed by atoms with Crippen molar-refractivity contribution < 1.29 is 14.3 Å². The van der Waals surface area contributed by atoms with Crippen LogP contribution >= 0.6 is 0 Å². The average Bonchev–Trinajstić information content (AvgIpc) is 2.76. The number of ketones is 1. The molecule has 0 amide bonds. The molecule has 0 saturated carbocycles. The molecular formula is C15H20FNO2. The van der Waals surface area contributed by atoms with Gasteiger partial charge in [-0.25, -0.2) is 4.39 Å². The van der Waals surface area contributed by atoms with Gasteiger partial charge in [0.25, 0.3) is 0 Å². The van der Waals surface area contributed by atoms with Crippen molar-refractivity contribution in [2.24, 2.45) is 5.92 Å². The van der Waals surface area contributed by atoms with E-state index in [1.807, 2.05) is 0 Å². The first-order valence-corrected chi connectivity index (χ1v) is 6.75. The zero-order chi connectivity index (χ0) is 13.8. The van der Waals surface area contributed by atoms with E-state index < -0.39 is 0 Å². The van der Waals surface area contributed by atoms with E-state index in [0.29, 0.717) is 24.4 Å². The summed E-state index contributed by atoms with van der Waals surface area (Å²) in [6.07, 6.45) is 1.42. The number of halogens is 1. The summed E-state index contributed by atoms with van der Waals surface area (Å²) in [5.74, 6) is 0.0406. The van der Waals surface area contributed by atoms with Crippen molar-refractivity contribution in [3.05, 3.63) is 35.6 Å². The van der Waals surface area contributed by atoms with Gasteiger partial charge in [-0.1, -0.05) is 19.1 Å². The lowest BCUT2D eigenvalue weighted by molar-refractivity contribution is 0.0933. The van der Waals surface area contributed by atoms with Gasteiger partial charge in [0.2, 0.25) is 0 Å². The molecule has 0 aromatic heterocycles. The number of aliphatic hydroxyl groups is 1. The lowest BCUT2D eigenvalue weighted by atomic mass is 10.0. The standard InChI is InChI=1S/C15H20FNO2/c1-11-5-7-17(14(11)10-18)8-6-15(19)12-3-2-4-13(16)9-12/h2-4,9,11,14,18H,5-8,10H2,1H3. The van der Waals surface area contributed by atoms with Gasteiger partial charge in [0, 0.05) is 24.6 Å². The van der Waals surface area contributed by atoms with Crippen molar-refractivity contribution >= 4 is 5.78 Å². The van der Waals surface area contributed by atoms with Crippen LogP contribution in [0.1, 0.15) is 30.1 Å². The van der Waals surface area contributed by atoms with Gasteiger partial charge in [0.1, 0.15) is 5.82 Å². The highest BCUT2D eigenvalue weighted by molar-refractivity contribution is 5.96. The van der Waals surface area contributed by atoms with E-state index in [9.17, 15) is 14.3 Å². The number of hydrogen-bond donors (Lipinski definition) is 1. The van der Waals surface area contributed by atoms with Crippen molar-refractivity contribution in [3.63, 3.8) is 0 Å². The SMILES string of the molecule is CC1CCN(CCC(=O)c2cccc(F)c2)C1CO. The summed E-state index contributed by atoms with van der Waals surface area (Å²) in [6, 6.07) is 5.96. The van der Waals surface area contributed by atoms with Crippen molar-refractivity contribution in [3.8, 4) is 0 Å². The molecule has 1 heterocycles. The first-order valence-electron chi connectivity index (χ1n) is 6.75. The summed E-state index contributed by atoms with van der Waals surface area (Å²) in [6.45, 7) is 3.80. The summed E-state index contributed by atoms with van der Waals surface area (Å²) in [4.78, 5) is 14.1. The quantitative estimate of drug-likeness (QED) is 0.829. The zero-order valence-corrected chi connectivity index (χ0v) is 11.2. The third-order valence-electron chi connectivity index (χ3n) is 3.96. The Balaban J connectivity index is 1.90. The molecule has 1 aromatic carbocycles. The average molecular weight is 265 g/mol. The predicted molar refractivity (Wildman–Crippen MR) is 71.6 cm³/mol. The molecule has 0 radical (unpaired) electrons. The third-order valence-corrected chi connectivity index (χ3v) is 3.96. The van der Waals surface area contributed by atoms with E-state index >= 15 is 0 Å². The van der Waals surface area contributed by atoms with Crippen LogP contribution in [0.25, 0.3) is 0 Å². The fourth-order valence-electron chi connectivity index (χ4n) is 2.71. The molecule has 1 aliphatic rings. The lowest BCUT2D eigenvalue weighted by Crippen LogP contribution is -2.36. The monoisotopic (exact) mass is 265 g/mol. The Morgan fingerprint density at radius 3 is 3.00 bits per heavy atom. The molecule has 0 bridgehead atoms. The summed E-state index contributed by atoms with van der Waals surface area (Å²) in [5, 5.41) is 9.35. The van der Waals surface area contributed by atoms with Gasteiger partial charge in [0.05, 0.1) is 6.61 Å². The normalized spacial score (nSPS) is 23.7. The van der Waals surface area contributed by atoms with Crippen LogP contribution in [-0.4, -0.2) is 41.5 Å². The number of rotatable bonds is 5. The first-order chi connectivity index (χ1) is 9.11. The number of Topliss-reactive ketones (excluding diaryl/α,β-unsaturated/α-hetero) is 1. The largest absolute Gasteiger partial charge is 0.395 e. The number of hydrogen-bond acceptors (Lipinski definition) is 3. The topological polar surface area (TPSA) is 40.5 Å². The van der Waals surface area contributed by atoms with Gasteiger partial charge >= 0.3 is 0 Å². The predicted octanol–water partition coefficient (Wildman–Crippen LogP) is 2.10. The zero-order valence-electron chi connectivity index (χ0n) is 11.2. The number of likely N-dealkylation sites (tertiary alicyclic amines) is 1. The second-order valence-electron chi connectivity index (χ2n) is 5.24. The number of carbonyl (C=O) groups excluding carboxylic acids is 1. The van der Waals surface area contributed by atoms with E-state index in [0.717, 1.165) is 13.0 Å². The summed E-state index contributed by atoms with van der Waals surface area (Å²) >= 11 is 0. The Kier molecular flexibility index (Phi) is 4.66. The molecule has 1 fully saturated rings. The highest BCUT2D eigenvalue weighted by Gasteiger charge is 2.30. The summed E-state index contributed by atoms with van der Waals surface area (Å²) in [5.41, 5.74) is 0.424. The smallest absolute Gasteiger partial charge is 0.164 e. The molecule has 2 unspecified atom stereocenters. The van der Waals surface area contributed by atoms with Gasteiger partial charge < -0.3 is 5.11 Å². The van der Waals surface area contributed by atoms with E-state index in [1.165, 1.54) is 12.1 Å². The number of benzene rings is 1. The molecule has 3 nitrogen and oxygen atoms in total. The van der Waals surface area contributed by atoms with E-state index in [4.69, 9.17) is 0 Å². The van der Waals surface area contributed by atoms with Crippen LogP contribution in [0.15, 0.2) is 24.3 Å². The van der Waals surface area contributed by atoms with Gasteiger partial charge in [-0.05, 0) is 31.0 Å². The minimum atomic E-state index is -0.381. The first kappa shape index (κ1) is 14.2. The lowest BCUT2D eigenvalue weighted by Gasteiger charge is -2.24. The molecule has 2 rings (SSSR count). The van der Waals surface area contributed by atoms with Crippen LogP contribution in [0.4, 0.5) is 4.39 Å². The van der Waals surface area contributed by atoms with Gasteiger partial charge in [-0.3, -0.25) is 9.69 Å². The Hall–Kier alpha value is -1.26. The molecule has 2 atom stereocenters. The molecule has 1 aliphatic heterocycles. The van der Waals surface area contributed by atoms with Gasteiger partial charge in [-0.2, -0.15) is 0 Å². The second-order valence-corrected chi connectivity index (χ2v) is 5.24. The van der Waals surface area contributed by atoms with Crippen LogP contribution in [0.5, 0.6) is 0 Å². The van der Waals surface area contributed by atoms with Crippen molar-refractivity contribution in [1.82, 2.24) is 4.90 Å². The summed E-state index contributed by atoms with van der Waals surface area (Å²) < 4.78 is 13.0. The molecular weight excluding hydrogens is 245 g/mol. The Labute approximate surface area is 113 Å². The van der Waals surface area contributed by atoms with Crippen LogP contribution in [0.3, 0.4) is 0 Å². The fraction of sp³-hybridized carbons (Fsp3) is 0.533. The Morgan fingerprint density at radius 1 is 1.53 bits per heavy atom. The maximum Gasteiger partial charge on any atom is 0.164 e. The van der Waals surface area contributed by atoms with Crippen LogP contribution < -0.4 is 0 Å². The fourth-order valence-corrected chi connectivity index (χ4v) is 2.71. The van der Waals surface area contributed by atoms with Gasteiger partial charge in [-0.15, -0.1) is 0 Å². The second kappa shape index (κ2) is 6.26. The van der Waals surface area contributed by atoms with Crippen LogP contribution in [0, 0.1) is 11.7 Å². The maximum absolute atomic E-state index is 13.0. The van der Waals surface area contributed by atoms with Crippen molar-refractivity contribution in [1.29, 1.82) is 0 Å². The summed E-state index contributed by atoms with van der Waals surface area (Å²) in [7, 11) is 0. The molecule has 0 aliphatic carbocycles. The molecule has 104 valence electrons. The molecule has 0 spiro atoms. The Morgan fingerprint density at radius 2 is 2.32 bits per heavy atom. The van der Waals surface area contributed by atoms with E-state index in [2.05, 4.69) is 11.8 Å². The van der Waals surface area contributed by atoms with Crippen LogP contribution in [0.2, 0.25) is 0 Å². The Bertz CT molecular complexity index is 450. The van der Waals surface area contributed by atoms with Gasteiger partial charge in [0.15, 0.2) is 5.78 Å². The highest BCUT2D eigenvalue weighted by atomic mass is 19.1. The van der Waals surface area contributed by atoms with E-state index in [-0.39, 0.29) is 24.2 Å². The van der Waals surface area contributed by atoms with Crippen LogP contribution in [-0.2, 0) is 0 Å². The molecule has 1 aromatic rings. The molecule has 1 saturated heterocycles. The number of nitrogens with zero attached hydrogens (tertiary/aromatic N) is 1. The maximum atomic E-state index is 13.0. The van der Waals surface area contributed by atoms with Crippen molar-refractivity contribution in [2.45, 2.75) is 25.8 Å². The minimum Gasteiger partial charge on any atom is -0.395 e. The third kappa shape index (κ3) is 3.39. The number of aliphatic hydroxyl groups excluding tert-OH is 1. The highest BCUT2D eigenvalue weighted by Crippen LogP contribution is 2.23. The molecule has 19 heavy (non-hydrogen) atoms. The minimum absolute atomic E-state index is 0.0456. The number of carbonyl (C=O) groups is 1. The van der Waals surface area contributed by atoms with E-state index in [1.54, 1.807) is 12.1 Å². The van der Waals surface area contributed by atoms with Crippen molar-refractivity contribution in [2.75, 3.05) is 19.7 Å². The molecule has 1 N–H and O–H groups in total.